The van der Waals surface area contributed by atoms with Gasteiger partial charge in [-0.2, -0.15) is 0 Å². The zero-order valence-corrected chi connectivity index (χ0v) is 16.5. The molecule has 0 saturated carbocycles. The van der Waals surface area contributed by atoms with E-state index in [2.05, 4.69) is 24.0 Å². The van der Waals surface area contributed by atoms with Crippen molar-refractivity contribution in [1.29, 1.82) is 0 Å². The molecule has 0 aliphatic rings. The Morgan fingerprint density at radius 3 is 2.43 bits per heavy atom. The third kappa shape index (κ3) is 5.19. The molecule has 28 heavy (non-hydrogen) atoms. The highest BCUT2D eigenvalue weighted by Gasteiger charge is 2.16. The highest BCUT2D eigenvalue weighted by Crippen LogP contribution is 2.20. The van der Waals surface area contributed by atoms with Gasteiger partial charge in [-0.1, -0.05) is 48.5 Å². The number of para-hydroxylation sites is 1. The summed E-state index contributed by atoms with van der Waals surface area (Å²) in [6.45, 7) is 3.22. The van der Waals surface area contributed by atoms with E-state index in [0.29, 0.717) is 25.9 Å². The Kier molecular flexibility index (Phi) is 6.79. The quantitative estimate of drug-likeness (QED) is 0.580. The Morgan fingerprint density at radius 2 is 1.71 bits per heavy atom. The van der Waals surface area contributed by atoms with Gasteiger partial charge in [0.2, 0.25) is 5.91 Å². The standard InChI is InChI=1S/C24H26N2O2/c1-19-8-3-4-11-22(19)18-26(17-20-9-7-15-25-16-20)24(27)14-13-21-10-5-6-12-23(21)28-2/h3-12,15-16H,13-14,17-18H2,1-2H3. The van der Waals surface area contributed by atoms with Crippen LogP contribution in [0.1, 0.15) is 28.7 Å². The second-order valence-electron chi connectivity index (χ2n) is 6.85. The number of methoxy groups -OCH3 is 1. The molecule has 144 valence electrons. The van der Waals surface area contributed by atoms with Gasteiger partial charge >= 0.3 is 0 Å². The van der Waals surface area contributed by atoms with E-state index < -0.39 is 0 Å². The molecule has 0 aliphatic heterocycles. The van der Waals surface area contributed by atoms with Gasteiger partial charge in [0.15, 0.2) is 0 Å². The predicted molar refractivity (Wildman–Crippen MR) is 111 cm³/mol. The van der Waals surface area contributed by atoms with Crippen molar-refractivity contribution in [2.45, 2.75) is 32.9 Å². The van der Waals surface area contributed by atoms with Gasteiger partial charge in [-0.3, -0.25) is 9.78 Å². The molecular weight excluding hydrogens is 348 g/mol. The zero-order chi connectivity index (χ0) is 19.8. The molecule has 0 fully saturated rings. The van der Waals surface area contributed by atoms with E-state index >= 15 is 0 Å². The summed E-state index contributed by atoms with van der Waals surface area (Å²) in [5.74, 6) is 0.950. The number of ether oxygens (including phenoxy) is 1. The number of hydrogen-bond donors (Lipinski definition) is 0. The fourth-order valence-electron chi connectivity index (χ4n) is 3.25. The summed E-state index contributed by atoms with van der Waals surface area (Å²) >= 11 is 0. The normalized spacial score (nSPS) is 10.5. The molecule has 3 rings (SSSR count). The third-order valence-corrected chi connectivity index (χ3v) is 4.87. The molecule has 2 aromatic carbocycles. The molecule has 1 aromatic heterocycles. The van der Waals surface area contributed by atoms with Crippen molar-refractivity contribution in [2.24, 2.45) is 0 Å². The molecule has 1 amide bonds. The van der Waals surface area contributed by atoms with E-state index in [0.717, 1.165) is 22.4 Å². The van der Waals surface area contributed by atoms with E-state index in [9.17, 15) is 4.79 Å². The lowest BCUT2D eigenvalue weighted by atomic mass is 10.1. The van der Waals surface area contributed by atoms with Crippen molar-refractivity contribution in [3.8, 4) is 5.75 Å². The minimum atomic E-state index is 0.123. The summed E-state index contributed by atoms with van der Waals surface area (Å²) in [5.41, 5.74) is 4.44. The van der Waals surface area contributed by atoms with Crippen LogP contribution in [0, 0.1) is 6.92 Å². The Labute approximate surface area is 166 Å². The van der Waals surface area contributed by atoms with Gasteiger partial charge < -0.3 is 9.64 Å². The predicted octanol–water partition coefficient (Wildman–Crippen LogP) is 4.56. The summed E-state index contributed by atoms with van der Waals surface area (Å²) in [5, 5.41) is 0. The number of aromatic nitrogens is 1. The van der Waals surface area contributed by atoms with Crippen molar-refractivity contribution in [2.75, 3.05) is 7.11 Å². The molecule has 3 aromatic rings. The lowest BCUT2D eigenvalue weighted by Crippen LogP contribution is -2.30. The van der Waals surface area contributed by atoms with Gasteiger partial charge in [0.1, 0.15) is 5.75 Å². The van der Waals surface area contributed by atoms with Gasteiger partial charge in [-0.15, -0.1) is 0 Å². The van der Waals surface area contributed by atoms with Crippen LogP contribution in [0.25, 0.3) is 0 Å². The molecule has 0 radical (unpaired) electrons. The zero-order valence-electron chi connectivity index (χ0n) is 16.5. The number of rotatable bonds is 8. The maximum absolute atomic E-state index is 13.1. The molecule has 0 unspecified atom stereocenters. The van der Waals surface area contributed by atoms with Crippen molar-refractivity contribution in [1.82, 2.24) is 9.88 Å². The maximum Gasteiger partial charge on any atom is 0.223 e. The SMILES string of the molecule is COc1ccccc1CCC(=O)N(Cc1cccnc1)Cc1ccccc1C. The first-order valence-electron chi connectivity index (χ1n) is 9.50. The molecule has 1 heterocycles. The van der Waals surface area contributed by atoms with Crippen LogP contribution in [0.2, 0.25) is 0 Å². The Hall–Kier alpha value is -3.14. The average molecular weight is 374 g/mol. The van der Waals surface area contributed by atoms with Crippen LogP contribution < -0.4 is 4.74 Å². The number of aryl methyl sites for hydroxylation is 2. The highest BCUT2D eigenvalue weighted by atomic mass is 16.5. The van der Waals surface area contributed by atoms with Crippen LogP contribution >= 0.6 is 0 Å². The van der Waals surface area contributed by atoms with Crippen LogP contribution in [-0.2, 0) is 24.3 Å². The summed E-state index contributed by atoms with van der Waals surface area (Å²) in [7, 11) is 1.66. The lowest BCUT2D eigenvalue weighted by molar-refractivity contribution is -0.132. The molecule has 0 aliphatic carbocycles. The van der Waals surface area contributed by atoms with E-state index in [1.165, 1.54) is 5.56 Å². The highest BCUT2D eigenvalue weighted by molar-refractivity contribution is 5.76. The van der Waals surface area contributed by atoms with Crippen molar-refractivity contribution < 1.29 is 9.53 Å². The van der Waals surface area contributed by atoms with Gasteiger partial charge in [-0.25, -0.2) is 0 Å². The summed E-state index contributed by atoms with van der Waals surface area (Å²) in [6.07, 6.45) is 4.66. The van der Waals surface area contributed by atoms with Gasteiger partial charge in [0.25, 0.3) is 0 Å². The summed E-state index contributed by atoms with van der Waals surface area (Å²) < 4.78 is 5.41. The average Bonchev–Trinajstić information content (AvgIpc) is 2.74. The van der Waals surface area contributed by atoms with Crippen molar-refractivity contribution >= 4 is 5.91 Å². The number of carbonyl (C=O) groups excluding carboxylic acids is 1. The fourth-order valence-corrected chi connectivity index (χ4v) is 3.25. The number of amides is 1. The molecule has 0 saturated heterocycles. The lowest BCUT2D eigenvalue weighted by Gasteiger charge is -2.24. The molecule has 4 nitrogen and oxygen atoms in total. The van der Waals surface area contributed by atoms with Crippen molar-refractivity contribution in [3.05, 3.63) is 95.3 Å². The van der Waals surface area contributed by atoms with Crippen LogP contribution in [0.3, 0.4) is 0 Å². The smallest absolute Gasteiger partial charge is 0.223 e. The van der Waals surface area contributed by atoms with E-state index in [-0.39, 0.29) is 5.91 Å². The third-order valence-electron chi connectivity index (χ3n) is 4.87. The van der Waals surface area contributed by atoms with E-state index in [1.807, 2.05) is 59.6 Å². The molecule has 0 bridgehead atoms. The number of nitrogens with zero attached hydrogens (tertiary/aromatic N) is 2. The molecule has 0 atom stereocenters. The summed E-state index contributed by atoms with van der Waals surface area (Å²) in [6, 6.07) is 20.0. The van der Waals surface area contributed by atoms with E-state index in [4.69, 9.17) is 4.74 Å². The monoisotopic (exact) mass is 374 g/mol. The van der Waals surface area contributed by atoms with Crippen molar-refractivity contribution in [3.63, 3.8) is 0 Å². The van der Waals surface area contributed by atoms with Crippen LogP contribution in [0.4, 0.5) is 0 Å². The minimum Gasteiger partial charge on any atom is -0.496 e. The Bertz CT molecular complexity index is 909. The summed E-state index contributed by atoms with van der Waals surface area (Å²) in [4.78, 5) is 19.2. The first-order valence-corrected chi connectivity index (χ1v) is 9.50. The molecule has 4 heteroatoms. The first kappa shape index (κ1) is 19.6. The Balaban J connectivity index is 1.75. The van der Waals surface area contributed by atoms with E-state index in [1.54, 1.807) is 13.3 Å². The second-order valence-corrected chi connectivity index (χ2v) is 6.85. The topological polar surface area (TPSA) is 42.4 Å². The number of hydrogen-bond acceptors (Lipinski definition) is 3. The fraction of sp³-hybridized carbons (Fsp3) is 0.250. The van der Waals surface area contributed by atoms with Crippen LogP contribution in [0.15, 0.2) is 73.1 Å². The van der Waals surface area contributed by atoms with Gasteiger partial charge in [-0.05, 0) is 47.7 Å². The first-order chi connectivity index (χ1) is 13.7. The number of pyridine rings is 1. The minimum absolute atomic E-state index is 0.123. The Morgan fingerprint density at radius 1 is 0.964 bits per heavy atom. The van der Waals surface area contributed by atoms with Crippen LogP contribution in [-0.4, -0.2) is 22.9 Å². The number of benzene rings is 2. The number of carbonyl (C=O) groups is 1. The second kappa shape index (κ2) is 9.70. The maximum atomic E-state index is 13.1. The largest absolute Gasteiger partial charge is 0.496 e. The molecular formula is C24H26N2O2. The van der Waals surface area contributed by atoms with Gasteiger partial charge in [0.05, 0.1) is 7.11 Å². The molecule has 0 N–H and O–H groups in total. The van der Waals surface area contributed by atoms with Gasteiger partial charge in [0, 0.05) is 31.9 Å². The molecule has 0 spiro atoms. The van der Waals surface area contributed by atoms with Crippen LogP contribution in [0.5, 0.6) is 5.75 Å².